The van der Waals surface area contributed by atoms with Gasteiger partial charge in [-0.05, 0) is 24.3 Å². The molecule has 0 bridgehead atoms. The number of amides is 1. The third-order valence-electron chi connectivity index (χ3n) is 4.52. The van der Waals surface area contributed by atoms with E-state index in [1.54, 1.807) is 0 Å². The van der Waals surface area contributed by atoms with E-state index in [0.29, 0.717) is 0 Å². The molecule has 0 atom stereocenters. The fourth-order valence-corrected chi connectivity index (χ4v) is 2.86. The summed E-state index contributed by atoms with van der Waals surface area (Å²) in [5, 5.41) is 22.9. The van der Waals surface area contributed by atoms with Gasteiger partial charge >= 0.3 is 12.1 Å². The van der Waals surface area contributed by atoms with Crippen molar-refractivity contribution in [3.63, 3.8) is 0 Å². The van der Waals surface area contributed by atoms with Crippen LogP contribution in [0.1, 0.15) is 28.9 Å². The van der Waals surface area contributed by atoms with Crippen LogP contribution in [0, 0.1) is 0 Å². The van der Waals surface area contributed by atoms with Crippen molar-refractivity contribution in [3.05, 3.63) is 47.8 Å². The zero-order valence-corrected chi connectivity index (χ0v) is 14.0. The van der Waals surface area contributed by atoms with Crippen molar-refractivity contribution >= 4 is 11.9 Å². The molecule has 0 saturated carbocycles. The Morgan fingerprint density at radius 1 is 1.15 bits per heavy atom. The maximum Gasteiger partial charge on any atom is 0.416 e. The van der Waals surface area contributed by atoms with Crippen LogP contribution >= 0.6 is 0 Å². The van der Waals surface area contributed by atoms with Gasteiger partial charge in [-0.15, -0.1) is 0 Å². The molecule has 3 rings (SSSR count). The largest absolute Gasteiger partial charge is 0.479 e. The van der Waals surface area contributed by atoms with Gasteiger partial charge in [0, 0.05) is 32.1 Å². The number of piperidine rings is 1. The maximum absolute atomic E-state index is 12.8. The number of nitrogens with zero attached hydrogens (tertiary/aromatic N) is 3. The Balaban J connectivity index is 1.75. The van der Waals surface area contributed by atoms with E-state index in [0.717, 1.165) is 12.1 Å². The summed E-state index contributed by atoms with van der Waals surface area (Å²) in [7, 11) is 0. The number of carbonyl (C=O) groups excluding carboxylic acids is 1. The Kier molecular flexibility index (Phi) is 4.68. The summed E-state index contributed by atoms with van der Waals surface area (Å²) < 4.78 is 39.6. The van der Waals surface area contributed by atoms with Crippen LogP contribution in [-0.4, -0.2) is 55.5 Å². The molecule has 1 fully saturated rings. The molecule has 1 aliphatic heterocycles. The highest BCUT2D eigenvalue weighted by atomic mass is 19.4. The van der Waals surface area contributed by atoms with Gasteiger partial charge in [0.25, 0.3) is 5.91 Å². The lowest BCUT2D eigenvalue weighted by Crippen LogP contribution is -2.50. The van der Waals surface area contributed by atoms with Crippen LogP contribution in [0.4, 0.5) is 13.2 Å². The fourth-order valence-electron chi connectivity index (χ4n) is 2.86. The highest BCUT2D eigenvalue weighted by Crippen LogP contribution is 2.30. The number of carboxylic acid groups (broad SMARTS) is 1. The molecule has 144 valence electrons. The Hall–Kier alpha value is -2.88. The molecule has 1 aliphatic rings. The molecule has 2 N–H and O–H groups in total. The van der Waals surface area contributed by atoms with Crippen molar-refractivity contribution in [2.24, 2.45) is 0 Å². The van der Waals surface area contributed by atoms with E-state index in [1.165, 1.54) is 34.0 Å². The number of likely N-dealkylation sites (tertiary alicyclic amines) is 1. The smallest absolute Gasteiger partial charge is 0.416 e. The Morgan fingerprint density at radius 3 is 2.41 bits per heavy atom. The Morgan fingerprint density at radius 2 is 1.81 bits per heavy atom. The predicted octanol–water partition coefficient (Wildman–Crippen LogP) is 1.94. The highest BCUT2D eigenvalue weighted by Gasteiger charge is 2.40. The van der Waals surface area contributed by atoms with Gasteiger partial charge in [0.05, 0.1) is 11.3 Å². The van der Waals surface area contributed by atoms with Crippen molar-refractivity contribution in [3.8, 4) is 5.69 Å². The minimum Gasteiger partial charge on any atom is -0.479 e. The number of aliphatic carboxylic acids is 1. The van der Waals surface area contributed by atoms with E-state index < -0.39 is 29.2 Å². The molecule has 1 saturated heterocycles. The first-order valence-electron chi connectivity index (χ1n) is 8.08. The van der Waals surface area contributed by atoms with E-state index in [2.05, 4.69) is 5.10 Å². The van der Waals surface area contributed by atoms with E-state index in [4.69, 9.17) is 5.11 Å². The lowest BCUT2D eigenvalue weighted by Gasteiger charge is -2.34. The average Bonchev–Trinajstić information content (AvgIpc) is 3.11. The van der Waals surface area contributed by atoms with Crippen LogP contribution in [0.2, 0.25) is 0 Å². The number of hydrogen-bond donors (Lipinski definition) is 2. The molecule has 2 aromatic rings. The first kappa shape index (κ1) is 18.9. The second-order valence-corrected chi connectivity index (χ2v) is 6.32. The van der Waals surface area contributed by atoms with Gasteiger partial charge in [-0.25, -0.2) is 9.48 Å². The molecule has 1 amide bonds. The summed E-state index contributed by atoms with van der Waals surface area (Å²) in [5.74, 6) is -1.81. The minimum atomic E-state index is -4.49. The molecule has 2 heterocycles. The van der Waals surface area contributed by atoms with Crippen LogP contribution in [0.25, 0.3) is 5.69 Å². The zero-order chi connectivity index (χ0) is 19.8. The SMILES string of the molecule is O=C(c1ccn(-c2cccc(C(F)(F)F)c2)n1)N1CCC(O)(C(=O)O)CC1. The summed E-state index contributed by atoms with van der Waals surface area (Å²) in [6.07, 6.45) is -3.33. The first-order chi connectivity index (χ1) is 12.6. The lowest BCUT2D eigenvalue weighted by molar-refractivity contribution is -0.162. The second kappa shape index (κ2) is 6.69. The van der Waals surface area contributed by atoms with Gasteiger partial charge < -0.3 is 15.1 Å². The number of halogens is 3. The standard InChI is InChI=1S/C17H16F3N3O4/c18-17(19,20)11-2-1-3-12(10-11)23-7-4-13(21-23)14(24)22-8-5-16(27,6-9-22)15(25)26/h1-4,7,10,27H,5-6,8-9H2,(H,25,26). The summed E-state index contributed by atoms with van der Waals surface area (Å²) in [4.78, 5) is 24.9. The fraction of sp³-hybridized carbons (Fsp3) is 0.353. The number of benzene rings is 1. The molecular weight excluding hydrogens is 367 g/mol. The molecule has 1 aromatic heterocycles. The third kappa shape index (κ3) is 3.80. The quantitative estimate of drug-likeness (QED) is 0.845. The topological polar surface area (TPSA) is 95.7 Å². The van der Waals surface area contributed by atoms with Crippen LogP contribution in [0.15, 0.2) is 36.5 Å². The Bertz CT molecular complexity index is 870. The van der Waals surface area contributed by atoms with Gasteiger partial charge in [-0.1, -0.05) is 6.07 Å². The number of alkyl halides is 3. The highest BCUT2D eigenvalue weighted by molar-refractivity contribution is 5.92. The normalized spacial score (nSPS) is 17.0. The van der Waals surface area contributed by atoms with Crippen LogP contribution in [0.5, 0.6) is 0 Å². The summed E-state index contributed by atoms with van der Waals surface area (Å²) >= 11 is 0. The molecule has 0 aliphatic carbocycles. The minimum absolute atomic E-state index is 0.0215. The van der Waals surface area contributed by atoms with E-state index in [1.807, 2.05) is 0 Å². The van der Waals surface area contributed by atoms with Gasteiger partial charge in [0.1, 0.15) is 0 Å². The molecule has 10 heteroatoms. The van der Waals surface area contributed by atoms with E-state index in [-0.39, 0.29) is 37.3 Å². The van der Waals surface area contributed by atoms with Gasteiger partial charge in [0.2, 0.25) is 0 Å². The molecule has 0 spiro atoms. The number of hydrogen-bond acceptors (Lipinski definition) is 4. The van der Waals surface area contributed by atoms with Crippen LogP contribution < -0.4 is 0 Å². The van der Waals surface area contributed by atoms with Crippen molar-refractivity contribution < 1.29 is 33.0 Å². The number of carbonyl (C=O) groups is 2. The summed E-state index contributed by atoms with van der Waals surface area (Å²) in [6, 6.07) is 5.93. The van der Waals surface area contributed by atoms with Crippen LogP contribution in [-0.2, 0) is 11.0 Å². The van der Waals surface area contributed by atoms with Crippen molar-refractivity contribution in [2.75, 3.05) is 13.1 Å². The van der Waals surface area contributed by atoms with Crippen molar-refractivity contribution in [1.29, 1.82) is 0 Å². The number of carboxylic acids is 1. The van der Waals surface area contributed by atoms with Gasteiger partial charge in [-0.2, -0.15) is 18.3 Å². The third-order valence-corrected chi connectivity index (χ3v) is 4.52. The monoisotopic (exact) mass is 383 g/mol. The van der Waals surface area contributed by atoms with Crippen LogP contribution in [0.3, 0.4) is 0 Å². The van der Waals surface area contributed by atoms with E-state index >= 15 is 0 Å². The summed E-state index contributed by atoms with van der Waals surface area (Å²) in [5.41, 5.74) is -2.50. The number of aliphatic hydroxyl groups is 1. The molecule has 27 heavy (non-hydrogen) atoms. The second-order valence-electron chi connectivity index (χ2n) is 6.32. The average molecular weight is 383 g/mol. The zero-order valence-electron chi connectivity index (χ0n) is 14.0. The van der Waals surface area contributed by atoms with E-state index in [9.17, 15) is 27.9 Å². The first-order valence-corrected chi connectivity index (χ1v) is 8.08. The van der Waals surface area contributed by atoms with Crippen molar-refractivity contribution in [2.45, 2.75) is 24.6 Å². The van der Waals surface area contributed by atoms with Crippen molar-refractivity contribution in [1.82, 2.24) is 14.7 Å². The van der Waals surface area contributed by atoms with Gasteiger partial charge in [0.15, 0.2) is 11.3 Å². The number of aromatic nitrogens is 2. The lowest BCUT2D eigenvalue weighted by atomic mass is 9.91. The molecule has 1 aromatic carbocycles. The molecule has 7 nitrogen and oxygen atoms in total. The molecule has 0 unspecified atom stereocenters. The predicted molar refractivity (Wildman–Crippen MR) is 86.3 cm³/mol. The molecule has 0 radical (unpaired) electrons. The number of rotatable bonds is 3. The summed E-state index contributed by atoms with van der Waals surface area (Å²) in [6.45, 7) is 0.0795. The molecular formula is C17H16F3N3O4. The van der Waals surface area contributed by atoms with Gasteiger partial charge in [-0.3, -0.25) is 4.79 Å². The Labute approximate surface area is 151 Å². The maximum atomic E-state index is 12.8.